The summed E-state index contributed by atoms with van der Waals surface area (Å²) in [5.74, 6) is 1.64. The maximum absolute atomic E-state index is 11.6. The number of carboxylic acids is 1. The van der Waals surface area contributed by atoms with E-state index in [1.807, 2.05) is 19.1 Å². The lowest BCUT2D eigenvalue weighted by atomic mass is 9.84. The molecule has 20 heavy (non-hydrogen) atoms. The SMILES string of the molecule is Cc1ccc(C(C)N2C(C(=O)O)CC3CCCCC32)o1. The second kappa shape index (κ2) is 5.24. The molecule has 1 saturated carbocycles. The van der Waals surface area contributed by atoms with Crippen LogP contribution in [0.15, 0.2) is 16.5 Å². The van der Waals surface area contributed by atoms with Gasteiger partial charge in [0.25, 0.3) is 0 Å². The monoisotopic (exact) mass is 277 g/mol. The molecule has 3 rings (SSSR count). The van der Waals surface area contributed by atoms with E-state index in [4.69, 9.17) is 4.42 Å². The average Bonchev–Trinajstić information content (AvgIpc) is 3.01. The molecule has 2 fully saturated rings. The number of rotatable bonds is 3. The van der Waals surface area contributed by atoms with Crippen molar-refractivity contribution in [3.05, 3.63) is 23.7 Å². The molecule has 1 aromatic rings. The first-order valence-electron chi connectivity index (χ1n) is 7.64. The van der Waals surface area contributed by atoms with Crippen molar-refractivity contribution in [3.63, 3.8) is 0 Å². The minimum Gasteiger partial charge on any atom is -0.480 e. The number of aliphatic carboxylic acids is 1. The van der Waals surface area contributed by atoms with Crippen LogP contribution < -0.4 is 0 Å². The van der Waals surface area contributed by atoms with Crippen LogP contribution in [-0.4, -0.2) is 28.1 Å². The van der Waals surface area contributed by atoms with Crippen molar-refractivity contribution >= 4 is 5.97 Å². The third-order valence-electron chi connectivity index (χ3n) is 5.04. The summed E-state index contributed by atoms with van der Waals surface area (Å²) in [7, 11) is 0. The standard InChI is InChI=1S/C16H23NO3/c1-10-7-8-15(20-10)11(2)17-13-6-4-3-5-12(13)9-14(17)16(18)19/h7-8,11-14H,3-6,9H2,1-2H3,(H,18,19). The van der Waals surface area contributed by atoms with Gasteiger partial charge in [0.05, 0.1) is 6.04 Å². The van der Waals surface area contributed by atoms with Crippen molar-refractivity contribution in [2.24, 2.45) is 5.92 Å². The minimum absolute atomic E-state index is 0.0397. The van der Waals surface area contributed by atoms with E-state index in [1.54, 1.807) is 0 Å². The molecule has 1 N–H and O–H groups in total. The second-order valence-corrected chi connectivity index (χ2v) is 6.27. The van der Waals surface area contributed by atoms with Crippen LogP contribution in [0.1, 0.15) is 56.6 Å². The molecule has 4 heteroatoms. The van der Waals surface area contributed by atoms with Crippen LogP contribution >= 0.6 is 0 Å². The van der Waals surface area contributed by atoms with Gasteiger partial charge in [-0.1, -0.05) is 12.8 Å². The number of furan rings is 1. The van der Waals surface area contributed by atoms with Crippen LogP contribution in [0.5, 0.6) is 0 Å². The van der Waals surface area contributed by atoms with Crippen LogP contribution in [0.4, 0.5) is 0 Å². The van der Waals surface area contributed by atoms with Gasteiger partial charge in [0.1, 0.15) is 17.6 Å². The molecule has 1 aliphatic heterocycles. The molecule has 2 aliphatic rings. The van der Waals surface area contributed by atoms with Crippen LogP contribution in [0.2, 0.25) is 0 Å². The minimum atomic E-state index is -0.686. The molecule has 2 heterocycles. The normalized spacial score (nSPS) is 32.0. The van der Waals surface area contributed by atoms with E-state index in [1.165, 1.54) is 19.3 Å². The molecule has 0 bridgehead atoms. The molecule has 1 aliphatic carbocycles. The van der Waals surface area contributed by atoms with E-state index >= 15 is 0 Å². The van der Waals surface area contributed by atoms with E-state index in [-0.39, 0.29) is 12.1 Å². The summed E-state index contributed by atoms with van der Waals surface area (Å²) in [6.07, 6.45) is 5.56. The lowest BCUT2D eigenvalue weighted by Gasteiger charge is -2.36. The Balaban J connectivity index is 1.88. The first kappa shape index (κ1) is 13.7. The zero-order valence-electron chi connectivity index (χ0n) is 12.2. The van der Waals surface area contributed by atoms with Gasteiger partial charge in [-0.2, -0.15) is 0 Å². The molecular weight excluding hydrogens is 254 g/mol. The smallest absolute Gasteiger partial charge is 0.320 e. The van der Waals surface area contributed by atoms with Crippen molar-refractivity contribution in [1.29, 1.82) is 0 Å². The zero-order valence-corrected chi connectivity index (χ0v) is 12.2. The van der Waals surface area contributed by atoms with E-state index in [2.05, 4.69) is 11.8 Å². The first-order valence-corrected chi connectivity index (χ1v) is 7.64. The Hall–Kier alpha value is -1.29. The fourth-order valence-electron chi connectivity index (χ4n) is 4.11. The number of aryl methyl sites for hydroxylation is 1. The van der Waals surface area contributed by atoms with Gasteiger partial charge in [0, 0.05) is 6.04 Å². The molecular formula is C16H23NO3. The summed E-state index contributed by atoms with van der Waals surface area (Å²) in [6, 6.07) is 4.03. The zero-order chi connectivity index (χ0) is 14.3. The summed E-state index contributed by atoms with van der Waals surface area (Å²) in [4.78, 5) is 13.8. The van der Waals surface area contributed by atoms with Crippen molar-refractivity contribution in [2.75, 3.05) is 0 Å². The average molecular weight is 277 g/mol. The molecule has 1 saturated heterocycles. The number of hydrogen-bond acceptors (Lipinski definition) is 3. The van der Waals surface area contributed by atoms with Gasteiger partial charge in [-0.15, -0.1) is 0 Å². The van der Waals surface area contributed by atoms with Crippen molar-refractivity contribution in [2.45, 2.75) is 64.1 Å². The summed E-state index contributed by atoms with van der Waals surface area (Å²) in [6.45, 7) is 4.00. The Labute approximate surface area is 119 Å². The fourth-order valence-corrected chi connectivity index (χ4v) is 4.11. The lowest BCUT2D eigenvalue weighted by molar-refractivity contribution is -0.143. The summed E-state index contributed by atoms with van der Waals surface area (Å²) in [5, 5.41) is 9.56. The van der Waals surface area contributed by atoms with Gasteiger partial charge in [0.15, 0.2) is 0 Å². The Kier molecular flexibility index (Phi) is 3.59. The maximum atomic E-state index is 11.6. The summed E-state index contributed by atoms with van der Waals surface area (Å²) in [5.41, 5.74) is 0. The Bertz CT molecular complexity index is 496. The quantitative estimate of drug-likeness (QED) is 0.920. The van der Waals surface area contributed by atoms with Gasteiger partial charge < -0.3 is 9.52 Å². The molecule has 110 valence electrons. The number of carboxylic acid groups (broad SMARTS) is 1. The molecule has 1 aromatic heterocycles. The van der Waals surface area contributed by atoms with E-state index < -0.39 is 5.97 Å². The number of hydrogen-bond donors (Lipinski definition) is 1. The number of fused-ring (bicyclic) bond motifs is 1. The number of nitrogens with zero attached hydrogens (tertiary/aromatic N) is 1. The third kappa shape index (κ3) is 2.26. The lowest BCUT2D eigenvalue weighted by Crippen LogP contribution is -2.43. The predicted molar refractivity (Wildman–Crippen MR) is 75.5 cm³/mol. The van der Waals surface area contributed by atoms with Crippen LogP contribution in [-0.2, 0) is 4.79 Å². The molecule has 0 amide bonds. The van der Waals surface area contributed by atoms with E-state index in [0.29, 0.717) is 12.0 Å². The van der Waals surface area contributed by atoms with Crippen molar-refractivity contribution < 1.29 is 14.3 Å². The van der Waals surface area contributed by atoms with Crippen LogP contribution in [0.3, 0.4) is 0 Å². The maximum Gasteiger partial charge on any atom is 0.320 e. The van der Waals surface area contributed by atoms with E-state index in [0.717, 1.165) is 24.4 Å². The summed E-state index contributed by atoms with van der Waals surface area (Å²) < 4.78 is 5.73. The Morgan fingerprint density at radius 1 is 1.40 bits per heavy atom. The first-order chi connectivity index (χ1) is 9.58. The number of carbonyl (C=O) groups is 1. The number of likely N-dealkylation sites (tertiary alicyclic amines) is 1. The Morgan fingerprint density at radius 3 is 2.80 bits per heavy atom. The third-order valence-corrected chi connectivity index (χ3v) is 5.04. The van der Waals surface area contributed by atoms with E-state index in [9.17, 15) is 9.90 Å². The molecule has 4 atom stereocenters. The van der Waals surface area contributed by atoms with Gasteiger partial charge in [0.2, 0.25) is 0 Å². The van der Waals surface area contributed by atoms with Crippen LogP contribution in [0.25, 0.3) is 0 Å². The highest BCUT2D eigenvalue weighted by atomic mass is 16.4. The highest BCUT2D eigenvalue weighted by Gasteiger charge is 2.47. The van der Waals surface area contributed by atoms with Gasteiger partial charge >= 0.3 is 5.97 Å². The highest BCUT2D eigenvalue weighted by molar-refractivity contribution is 5.74. The topological polar surface area (TPSA) is 53.7 Å². The summed E-state index contributed by atoms with van der Waals surface area (Å²) >= 11 is 0. The predicted octanol–water partition coefficient (Wildman–Crippen LogP) is 3.37. The van der Waals surface area contributed by atoms with Crippen molar-refractivity contribution in [1.82, 2.24) is 4.90 Å². The van der Waals surface area contributed by atoms with Gasteiger partial charge in [-0.25, -0.2) is 0 Å². The Morgan fingerprint density at radius 2 is 2.15 bits per heavy atom. The molecule has 0 radical (unpaired) electrons. The fraction of sp³-hybridized carbons (Fsp3) is 0.688. The molecule has 0 aromatic carbocycles. The molecule has 4 unspecified atom stereocenters. The molecule has 0 spiro atoms. The van der Waals surface area contributed by atoms with Crippen molar-refractivity contribution in [3.8, 4) is 0 Å². The van der Waals surface area contributed by atoms with Gasteiger partial charge in [-0.3, -0.25) is 9.69 Å². The van der Waals surface area contributed by atoms with Gasteiger partial charge in [-0.05, 0) is 51.2 Å². The highest BCUT2D eigenvalue weighted by Crippen LogP contribution is 2.44. The largest absolute Gasteiger partial charge is 0.480 e. The van der Waals surface area contributed by atoms with Crippen LogP contribution in [0, 0.1) is 12.8 Å². The molecule has 4 nitrogen and oxygen atoms in total. The second-order valence-electron chi connectivity index (χ2n) is 6.27.